The van der Waals surface area contributed by atoms with Crippen molar-refractivity contribution in [2.24, 2.45) is 0 Å². The number of amides is 2. The molecule has 0 saturated heterocycles. The minimum atomic E-state index is -0.631. The summed E-state index contributed by atoms with van der Waals surface area (Å²) in [5, 5.41) is 2.93. The molecule has 0 saturated carbocycles. The molecule has 2 amide bonds. The molecule has 32 heavy (non-hydrogen) atoms. The van der Waals surface area contributed by atoms with Crippen LogP contribution in [0.2, 0.25) is 0 Å². The molecule has 0 fully saturated rings. The fourth-order valence-corrected chi connectivity index (χ4v) is 3.52. The molecule has 0 aliphatic rings. The van der Waals surface area contributed by atoms with Gasteiger partial charge in [-0.25, -0.2) is 4.39 Å². The first-order valence-corrected chi connectivity index (χ1v) is 11.4. The summed E-state index contributed by atoms with van der Waals surface area (Å²) < 4.78 is 19.2. The lowest BCUT2D eigenvalue weighted by Gasteiger charge is -2.30. The number of unbranched alkanes of at least 4 members (excludes halogenated alkanes) is 1. The average molecular weight is 443 g/mol. The van der Waals surface area contributed by atoms with Gasteiger partial charge in [0.05, 0.1) is 0 Å². The third-order valence-corrected chi connectivity index (χ3v) is 5.37. The second-order valence-electron chi connectivity index (χ2n) is 8.20. The van der Waals surface area contributed by atoms with Crippen LogP contribution in [-0.4, -0.2) is 35.9 Å². The summed E-state index contributed by atoms with van der Waals surface area (Å²) in [6.45, 7) is 8.67. The number of hydrogen-bond acceptors (Lipinski definition) is 3. The molecule has 2 aromatic rings. The van der Waals surface area contributed by atoms with Crippen molar-refractivity contribution in [3.05, 3.63) is 65.5 Å². The zero-order chi connectivity index (χ0) is 23.5. The molecule has 2 aromatic carbocycles. The number of benzene rings is 2. The highest BCUT2D eigenvalue weighted by molar-refractivity contribution is 5.88. The zero-order valence-corrected chi connectivity index (χ0v) is 19.6. The number of nitrogens with zero attached hydrogens (tertiary/aromatic N) is 1. The van der Waals surface area contributed by atoms with E-state index in [0.29, 0.717) is 18.7 Å². The van der Waals surface area contributed by atoms with E-state index in [2.05, 4.69) is 26.1 Å². The average Bonchev–Trinajstić information content (AvgIpc) is 2.79. The Bertz CT molecular complexity index is 868. The van der Waals surface area contributed by atoms with E-state index in [4.69, 9.17) is 4.74 Å². The van der Waals surface area contributed by atoms with Crippen molar-refractivity contribution in [2.75, 3.05) is 13.2 Å². The standard InChI is InChI=1S/C26H35FN2O3/c1-5-7-16-28-26(31)23(6-2)29(17-20-12-14-21(27)15-13-20)25(30)18-32-24-11-9-8-10-22(24)19(3)4/h8-15,19,23H,5-7,16-18H2,1-4H3,(H,28,31)/t23-/m1/s1. The van der Waals surface area contributed by atoms with Crippen LogP contribution in [0.3, 0.4) is 0 Å². The molecule has 2 rings (SSSR count). The van der Waals surface area contributed by atoms with Crippen molar-refractivity contribution >= 4 is 11.8 Å². The first kappa shape index (κ1) is 25.4. The van der Waals surface area contributed by atoms with E-state index in [1.807, 2.05) is 31.2 Å². The van der Waals surface area contributed by atoms with Crippen LogP contribution in [0.4, 0.5) is 4.39 Å². The van der Waals surface area contributed by atoms with Crippen LogP contribution in [0.15, 0.2) is 48.5 Å². The third-order valence-electron chi connectivity index (χ3n) is 5.37. The molecule has 1 N–H and O–H groups in total. The van der Waals surface area contributed by atoms with Crippen molar-refractivity contribution in [3.8, 4) is 5.75 Å². The van der Waals surface area contributed by atoms with Crippen molar-refractivity contribution in [1.82, 2.24) is 10.2 Å². The van der Waals surface area contributed by atoms with Gasteiger partial charge in [0.2, 0.25) is 5.91 Å². The number of nitrogens with one attached hydrogen (secondary N) is 1. The molecule has 1 atom stereocenters. The van der Waals surface area contributed by atoms with Gasteiger partial charge in [0, 0.05) is 13.1 Å². The molecular weight excluding hydrogens is 407 g/mol. The topological polar surface area (TPSA) is 58.6 Å². The summed E-state index contributed by atoms with van der Waals surface area (Å²) >= 11 is 0. The second-order valence-corrected chi connectivity index (χ2v) is 8.20. The van der Waals surface area contributed by atoms with Gasteiger partial charge in [-0.2, -0.15) is 0 Å². The monoisotopic (exact) mass is 442 g/mol. The molecule has 0 aliphatic carbocycles. The molecule has 0 aliphatic heterocycles. The van der Waals surface area contributed by atoms with E-state index < -0.39 is 6.04 Å². The Kier molecular flexibility index (Phi) is 10.2. The zero-order valence-electron chi connectivity index (χ0n) is 19.6. The van der Waals surface area contributed by atoms with E-state index in [1.165, 1.54) is 17.0 Å². The van der Waals surface area contributed by atoms with Crippen molar-refractivity contribution in [3.63, 3.8) is 0 Å². The number of para-hydroxylation sites is 1. The molecule has 5 nitrogen and oxygen atoms in total. The van der Waals surface area contributed by atoms with E-state index >= 15 is 0 Å². The third kappa shape index (κ3) is 7.36. The quantitative estimate of drug-likeness (QED) is 0.468. The van der Waals surface area contributed by atoms with Crippen LogP contribution in [0.1, 0.15) is 64.0 Å². The number of carbonyl (C=O) groups is 2. The molecule has 0 radical (unpaired) electrons. The molecule has 0 heterocycles. The predicted octanol–water partition coefficient (Wildman–Crippen LogP) is 5.05. The van der Waals surface area contributed by atoms with Crippen LogP contribution in [0.25, 0.3) is 0 Å². The Morgan fingerprint density at radius 1 is 1.06 bits per heavy atom. The van der Waals surface area contributed by atoms with Gasteiger partial charge in [0.25, 0.3) is 5.91 Å². The van der Waals surface area contributed by atoms with E-state index in [0.717, 1.165) is 24.0 Å². The summed E-state index contributed by atoms with van der Waals surface area (Å²) in [6, 6.07) is 13.0. The lowest BCUT2D eigenvalue weighted by atomic mass is 10.0. The molecule has 0 unspecified atom stereocenters. The lowest BCUT2D eigenvalue weighted by Crippen LogP contribution is -2.50. The Morgan fingerprint density at radius 2 is 1.75 bits per heavy atom. The highest BCUT2D eigenvalue weighted by Crippen LogP contribution is 2.26. The lowest BCUT2D eigenvalue weighted by molar-refractivity contribution is -0.143. The van der Waals surface area contributed by atoms with Gasteiger partial charge >= 0.3 is 0 Å². The maximum absolute atomic E-state index is 13.4. The fraction of sp³-hybridized carbons (Fsp3) is 0.462. The highest BCUT2D eigenvalue weighted by Gasteiger charge is 2.29. The van der Waals surface area contributed by atoms with Crippen molar-refractivity contribution in [1.29, 1.82) is 0 Å². The summed E-state index contributed by atoms with van der Waals surface area (Å²) in [7, 11) is 0. The van der Waals surface area contributed by atoms with Gasteiger partial charge in [0.1, 0.15) is 17.6 Å². The van der Waals surface area contributed by atoms with Crippen LogP contribution >= 0.6 is 0 Å². The Balaban J connectivity index is 2.21. The normalized spacial score (nSPS) is 11.8. The summed E-state index contributed by atoms with van der Waals surface area (Å²) in [6.07, 6.45) is 2.31. The number of hydrogen-bond donors (Lipinski definition) is 1. The van der Waals surface area contributed by atoms with E-state index in [9.17, 15) is 14.0 Å². The molecule has 6 heteroatoms. The van der Waals surface area contributed by atoms with Crippen LogP contribution in [0.5, 0.6) is 5.75 Å². The van der Waals surface area contributed by atoms with Gasteiger partial charge in [0.15, 0.2) is 6.61 Å². The Morgan fingerprint density at radius 3 is 2.38 bits per heavy atom. The van der Waals surface area contributed by atoms with Gasteiger partial charge < -0.3 is 15.0 Å². The number of ether oxygens (including phenoxy) is 1. The first-order valence-electron chi connectivity index (χ1n) is 11.4. The van der Waals surface area contributed by atoms with Crippen LogP contribution in [-0.2, 0) is 16.1 Å². The summed E-state index contributed by atoms with van der Waals surface area (Å²) in [4.78, 5) is 27.6. The second kappa shape index (κ2) is 12.8. The highest BCUT2D eigenvalue weighted by atomic mass is 19.1. The van der Waals surface area contributed by atoms with E-state index in [-0.39, 0.29) is 36.7 Å². The smallest absolute Gasteiger partial charge is 0.261 e. The molecular formula is C26H35FN2O3. The predicted molar refractivity (Wildman–Crippen MR) is 125 cm³/mol. The molecule has 174 valence electrons. The van der Waals surface area contributed by atoms with Crippen molar-refractivity contribution < 1.29 is 18.7 Å². The molecule has 0 bridgehead atoms. The maximum Gasteiger partial charge on any atom is 0.261 e. The number of rotatable bonds is 12. The van der Waals surface area contributed by atoms with Gasteiger partial charge in [-0.15, -0.1) is 0 Å². The maximum atomic E-state index is 13.4. The first-order chi connectivity index (χ1) is 15.4. The SMILES string of the molecule is CCCCNC(=O)[C@@H](CC)N(Cc1ccc(F)cc1)C(=O)COc1ccccc1C(C)C. The van der Waals surface area contributed by atoms with Crippen molar-refractivity contribution in [2.45, 2.75) is 65.5 Å². The number of halogens is 1. The van der Waals surface area contributed by atoms with Crippen LogP contribution < -0.4 is 10.1 Å². The summed E-state index contributed by atoms with van der Waals surface area (Å²) in [5.41, 5.74) is 1.77. The molecule has 0 spiro atoms. The summed E-state index contributed by atoms with van der Waals surface area (Å²) in [5.74, 6) is 0.108. The van der Waals surface area contributed by atoms with Gasteiger partial charge in [-0.3, -0.25) is 9.59 Å². The van der Waals surface area contributed by atoms with Gasteiger partial charge in [-0.05, 0) is 48.1 Å². The largest absolute Gasteiger partial charge is 0.483 e. The van der Waals surface area contributed by atoms with E-state index in [1.54, 1.807) is 12.1 Å². The fourth-order valence-electron chi connectivity index (χ4n) is 3.52. The minimum Gasteiger partial charge on any atom is -0.483 e. The Labute approximate surface area is 191 Å². The molecule has 0 aromatic heterocycles. The van der Waals surface area contributed by atoms with Crippen LogP contribution in [0, 0.1) is 5.82 Å². The minimum absolute atomic E-state index is 0.177. The van der Waals surface area contributed by atoms with Gasteiger partial charge in [-0.1, -0.05) is 64.4 Å². The Hall–Kier alpha value is -2.89. The number of carbonyl (C=O) groups excluding carboxylic acids is 2.